The SMILES string of the molecule is CCOC(=O)c1nnn(-c2ccc([N+](=O)[O-])cc2C)c1C. The van der Waals surface area contributed by atoms with Crippen LogP contribution in [0.25, 0.3) is 5.69 Å². The number of rotatable bonds is 4. The number of aryl methyl sites for hydroxylation is 1. The predicted octanol–water partition coefficient (Wildman–Crippen LogP) is 1.97. The summed E-state index contributed by atoms with van der Waals surface area (Å²) in [6, 6.07) is 4.40. The molecular formula is C13H14N4O4. The molecule has 1 aromatic heterocycles. The van der Waals surface area contributed by atoms with E-state index in [4.69, 9.17) is 4.74 Å². The second-order valence-corrected chi connectivity index (χ2v) is 4.38. The topological polar surface area (TPSA) is 100 Å². The maximum Gasteiger partial charge on any atom is 0.360 e. The van der Waals surface area contributed by atoms with E-state index in [2.05, 4.69) is 10.3 Å². The number of esters is 1. The Morgan fingerprint density at radius 3 is 2.71 bits per heavy atom. The zero-order chi connectivity index (χ0) is 15.6. The summed E-state index contributed by atoms with van der Waals surface area (Å²) < 4.78 is 6.36. The third kappa shape index (κ3) is 2.73. The van der Waals surface area contributed by atoms with Crippen molar-refractivity contribution < 1.29 is 14.5 Å². The molecule has 8 heteroatoms. The molecule has 110 valence electrons. The Labute approximate surface area is 120 Å². The van der Waals surface area contributed by atoms with Crippen molar-refractivity contribution in [3.05, 3.63) is 45.3 Å². The van der Waals surface area contributed by atoms with Gasteiger partial charge in [-0.3, -0.25) is 10.1 Å². The summed E-state index contributed by atoms with van der Waals surface area (Å²) >= 11 is 0. The third-order valence-electron chi connectivity index (χ3n) is 2.98. The Kier molecular flexibility index (Phi) is 3.97. The first-order chi connectivity index (χ1) is 9.95. The van der Waals surface area contributed by atoms with Crippen LogP contribution in [-0.2, 0) is 4.74 Å². The lowest BCUT2D eigenvalue weighted by Crippen LogP contribution is -2.08. The summed E-state index contributed by atoms with van der Waals surface area (Å²) in [5.74, 6) is -0.541. The first-order valence-corrected chi connectivity index (χ1v) is 6.30. The van der Waals surface area contributed by atoms with Gasteiger partial charge in [-0.2, -0.15) is 0 Å². The smallest absolute Gasteiger partial charge is 0.360 e. The molecule has 0 amide bonds. The van der Waals surface area contributed by atoms with E-state index < -0.39 is 10.9 Å². The van der Waals surface area contributed by atoms with Gasteiger partial charge in [-0.05, 0) is 32.4 Å². The van der Waals surface area contributed by atoms with Crippen LogP contribution in [0.4, 0.5) is 5.69 Å². The fourth-order valence-corrected chi connectivity index (χ4v) is 1.94. The van der Waals surface area contributed by atoms with E-state index in [-0.39, 0.29) is 18.0 Å². The van der Waals surface area contributed by atoms with Gasteiger partial charge in [-0.15, -0.1) is 5.10 Å². The Bertz CT molecular complexity index is 708. The van der Waals surface area contributed by atoms with Crippen LogP contribution >= 0.6 is 0 Å². The highest BCUT2D eigenvalue weighted by Crippen LogP contribution is 2.21. The predicted molar refractivity (Wildman–Crippen MR) is 73.4 cm³/mol. The minimum Gasteiger partial charge on any atom is -0.461 e. The summed E-state index contributed by atoms with van der Waals surface area (Å²) in [7, 11) is 0. The molecule has 0 spiro atoms. The van der Waals surface area contributed by atoms with Crippen LogP contribution in [0.3, 0.4) is 0 Å². The number of nitro groups is 1. The molecule has 0 aliphatic rings. The van der Waals surface area contributed by atoms with Gasteiger partial charge in [0, 0.05) is 12.1 Å². The third-order valence-corrected chi connectivity index (χ3v) is 2.98. The lowest BCUT2D eigenvalue weighted by atomic mass is 10.1. The van der Waals surface area contributed by atoms with Crippen molar-refractivity contribution in [2.24, 2.45) is 0 Å². The number of benzene rings is 1. The maximum absolute atomic E-state index is 11.7. The highest BCUT2D eigenvalue weighted by atomic mass is 16.6. The average molecular weight is 290 g/mol. The molecule has 21 heavy (non-hydrogen) atoms. The summed E-state index contributed by atoms with van der Waals surface area (Å²) in [6.45, 7) is 5.38. The van der Waals surface area contributed by atoms with Gasteiger partial charge in [0.1, 0.15) is 0 Å². The zero-order valence-electron chi connectivity index (χ0n) is 11.9. The number of hydrogen-bond donors (Lipinski definition) is 0. The molecule has 0 fully saturated rings. The number of nitrogens with zero attached hydrogens (tertiary/aromatic N) is 4. The van der Waals surface area contributed by atoms with E-state index in [0.29, 0.717) is 16.9 Å². The van der Waals surface area contributed by atoms with Crippen molar-refractivity contribution in [3.8, 4) is 5.69 Å². The quantitative estimate of drug-likeness (QED) is 0.485. The van der Waals surface area contributed by atoms with Gasteiger partial charge in [-0.1, -0.05) is 5.21 Å². The summed E-state index contributed by atoms with van der Waals surface area (Å²) in [6.07, 6.45) is 0. The highest BCUT2D eigenvalue weighted by Gasteiger charge is 2.19. The van der Waals surface area contributed by atoms with Crippen LogP contribution in [-0.4, -0.2) is 32.5 Å². The Hall–Kier alpha value is -2.77. The number of ether oxygens (including phenoxy) is 1. The van der Waals surface area contributed by atoms with E-state index in [0.717, 1.165) is 0 Å². The van der Waals surface area contributed by atoms with Crippen molar-refractivity contribution in [1.82, 2.24) is 15.0 Å². The van der Waals surface area contributed by atoms with Crippen molar-refractivity contribution in [2.75, 3.05) is 6.61 Å². The van der Waals surface area contributed by atoms with E-state index >= 15 is 0 Å². The van der Waals surface area contributed by atoms with Crippen LogP contribution in [0.2, 0.25) is 0 Å². The van der Waals surface area contributed by atoms with Crippen LogP contribution in [0.15, 0.2) is 18.2 Å². The normalized spacial score (nSPS) is 10.4. The van der Waals surface area contributed by atoms with Crippen LogP contribution in [0.1, 0.15) is 28.7 Å². The summed E-state index contributed by atoms with van der Waals surface area (Å²) in [4.78, 5) is 22.0. The second kappa shape index (κ2) is 5.70. The van der Waals surface area contributed by atoms with Gasteiger partial charge in [0.05, 0.1) is 22.9 Å². The van der Waals surface area contributed by atoms with Crippen LogP contribution in [0.5, 0.6) is 0 Å². The van der Waals surface area contributed by atoms with Gasteiger partial charge in [0.2, 0.25) is 0 Å². The molecule has 1 heterocycles. The molecule has 0 radical (unpaired) electrons. The lowest BCUT2D eigenvalue weighted by Gasteiger charge is -2.07. The molecule has 0 atom stereocenters. The number of aromatic nitrogens is 3. The average Bonchev–Trinajstić information content (AvgIpc) is 2.80. The molecule has 0 unspecified atom stereocenters. The van der Waals surface area contributed by atoms with Gasteiger partial charge in [0.25, 0.3) is 5.69 Å². The monoisotopic (exact) mass is 290 g/mol. The van der Waals surface area contributed by atoms with Crippen LogP contribution in [0, 0.1) is 24.0 Å². The second-order valence-electron chi connectivity index (χ2n) is 4.38. The molecule has 1 aromatic carbocycles. The zero-order valence-corrected chi connectivity index (χ0v) is 11.9. The molecule has 0 saturated heterocycles. The van der Waals surface area contributed by atoms with Crippen molar-refractivity contribution >= 4 is 11.7 Å². The van der Waals surface area contributed by atoms with Gasteiger partial charge >= 0.3 is 5.97 Å². The molecule has 0 aliphatic heterocycles. The fraction of sp³-hybridized carbons (Fsp3) is 0.308. The number of non-ortho nitro benzene ring substituents is 1. The van der Waals surface area contributed by atoms with Gasteiger partial charge in [0.15, 0.2) is 5.69 Å². The van der Waals surface area contributed by atoms with E-state index in [1.54, 1.807) is 26.8 Å². The molecular weight excluding hydrogens is 276 g/mol. The molecule has 0 aliphatic carbocycles. The molecule has 0 bridgehead atoms. The van der Waals surface area contributed by atoms with Crippen molar-refractivity contribution in [1.29, 1.82) is 0 Å². The minimum atomic E-state index is -0.541. The van der Waals surface area contributed by atoms with Crippen molar-refractivity contribution in [2.45, 2.75) is 20.8 Å². The standard InChI is InChI=1S/C13H14N4O4/c1-4-21-13(18)12-9(3)16(15-14-12)11-6-5-10(17(19)20)7-8(11)2/h5-7H,4H2,1-3H3. The van der Waals surface area contributed by atoms with E-state index in [1.165, 1.54) is 16.8 Å². The summed E-state index contributed by atoms with van der Waals surface area (Å²) in [5, 5.41) is 18.5. The fourth-order valence-electron chi connectivity index (χ4n) is 1.94. The molecule has 8 nitrogen and oxygen atoms in total. The number of carbonyl (C=O) groups is 1. The highest BCUT2D eigenvalue weighted by molar-refractivity contribution is 5.88. The molecule has 0 saturated carbocycles. The van der Waals surface area contributed by atoms with E-state index in [9.17, 15) is 14.9 Å². The Morgan fingerprint density at radius 1 is 1.43 bits per heavy atom. The molecule has 2 rings (SSSR count). The van der Waals surface area contributed by atoms with Gasteiger partial charge < -0.3 is 4.74 Å². The molecule has 2 aromatic rings. The van der Waals surface area contributed by atoms with Crippen LogP contribution < -0.4 is 0 Å². The first kappa shape index (κ1) is 14.6. The van der Waals surface area contributed by atoms with E-state index in [1.807, 2.05) is 0 Å². The lowest BCUT2D eigenvalue weighted by molar-refractivity contribution is -0.384. The van der Waals surface area contributed by atoms with Gasteiger partial charge in [-0.25, -0.2) is 9.48 Å². The largest absolute Gasteiger partial charge is 0.461 e. The maximum atomic E-state index is 11.7. The molecule has 0 N–H and O–H groups in total. The number of hydrogen-bond acceptors (Lipinski definition) is 6. The number of carbonyl (C=O) groups excluding carboxylic acids is 1. The number of nitro benzene ring substituents is 1. The first-order valence-electron chi connectivity index (χ1n) is 6.30. The minimum absolute atomic E-state index is 0.000338. The Balaban J connectivity index is 2.44. The summed E-state index contributed by atoms with van der Waals surface area (Å²) in [5.41, 5.74) is 1.94. The Morgan fingerprint density at radius 2 is 2.14 bits per heavy atom. The van der Waals surface area contributed by atoms with Crippen molar-refractivity contribution in [3.63, 3.8) is 0 Å².